The Morgan fingerprint density at radius 1 is 1.22 bits per heavy atom. The standard InChI is InChI=1S/C16H26N4O3/c1-16(2,3)23-15(22)19-8-6-7-9-20-12(11-19)10-13(17-20)14(21)18(4)5/h10H,6-9,11H2,1-5H3. The van der Waals surface area contributed by atoms with Crippen molar-refractivity contribution in [3.63, 3.8) is 0 Å². The number of aryl methyl sites for hydroxylation is 1. The number of amides is 2. The fourth-order valence-corrected chi connectivity index (χ4v) is 2.43. The molecule has 7 nitrogen and oxygen atoms in total. The van der Waals surface area contributed by atoms with Crippen LogP contribution in [-0.4, -0.2) is 57.8 Å². The molecule has 1 aromatic heterocycles. The Balaban J connectivity index is 2.20. The molecule has 2 rings (SSSR count). The van der Waals surface area contributed by atoms with Gasteiger partial charge >= 0.3 is 6.09 Å². The van der Waals surface area contributed by atoms with E-state index in [0.29, 0.717) is 18.8 Å². The van der Waals surface area contributed by atoms with Crippen molar-refractivity contribution in [3.05, 3.63) is 17.5 Å². The van der Waals surface area contributed by atoms with Gasteiger partial charge in [0.15, 0.2) is 5.69 Å². The Labute approximate surface area is 137 Å². The molecule has 0 aliphatic carbocycles. The number of aromatic nitrogens is 2. The molecule has 1 aliphatic heterocycles. The molecule has 0 N–H and O–H groups in total. The lowest BCUT2D eigenvalue weighted by atomic mass is 10.2. The second kappa shape index (κ2) is 6.60. The van der Waals surface area contributed by atoms with Crippen LogP contribution in [0.15, 0.2) is 6.07 Å². The molecule has 0 aromatic carbocycles. The summed E-state index contributed by atoms with van der Waals surface area (Å²) in [4.78, 5) is 27.6. The number of rotatable bonds is 1. The van der Waals surface area contributed by atoms with Crippen LogP contribution < -0.4 is 0 Å². The van der Waals surface area contributed by atoms with E-state index in [1.54, 1.807) is 25.1 Å². The first kappa shape index (κ1) is 17.3. The second-order valence-electron chi connectivity index (χ2n) is 7.05. The van der Waals surface area contributed by atoms with Gasteiger partial charge < -0.3 is 14.5 Å². The molecule has 0 radical (unpaired) electrons. The predicted molar refractivity (Wildman–Crippen MR) is 86.1 cm³/mol. The highest BCUT2D eigenvalue weighted by Gasteiger charge is 2.25. The van der Waals surface area contributed by atoms with E-state index >= 15 is 0 Å². The van der Waals surface area contributed by atoms with Gasteiger partial charge in [-0.2, -0.15) is 5.10 Å². The Morgan fingerprint density at radius 3 is 2.48 bits per heavy atom. The van der Waals surface area contributed by atoms with Gasteiger partial charge in [-0.05, 0) is 39.7 Å². The van der Waals surface area contributed by atoms with Crippen LogP contribution in [0.5, 0.6) is 0 Å². The highest BCUT2D eigenvalue weighted by molar-refractivity contribution is 5.92. The van der Waals surface area contributed by atoms with Gasteiger partial charge in [-0.3, -0.25) is 9.48 Å². The van der Waals surface area contributed by atoms with E-state index in [0.717, 1.165) is 25.1 Å². The van der Waals surface area contributed by atoms with Crippen molar-refractivity contribution in [1.82, 2.24) is 19.6 Å². The molecule has 0 bridgehead atoms. The van der Waals surface area contributed by atoms with Crippen molar-refractivity contribution in [2.45, 2.75) is 52.3 Å². The molecule has 7 heteroatoms. The Morgan fingerprint density at radius 2 is 1.87 bits per heavy atom. The van der Waals surface area contributed by atoms with Crippen LogP contribution in [0.4, 0.5) is 4.79 Å². The molecule has 1 aliphatic rings. The summed E-state index contributed by atoms with van der Waals surface area (Å²) in [5, 5.41) is 4.39. The molecule has 0 fully saturated rings. The molecular formula is C16H26N4O3. The third-order valence-corrected chi connectivity index (χ3v) is 3.54. The smallest absolute Gasteiger partial charge is 0.410 e. The van der Waals surface area contributed by atoms with E-state index < -0.39 is 5.60 Å². The largest absolute Gasteiger partial charge is 0.444 e. The third-order valence-electron chi connectivity index (χ3n) is 3.54. The first-order valence-electron chi connectivity index (χ1n) is 7.93. The number of hydrogen-bond donors (Lipinski definition) is 0. The monoisotopic (exact) mass is 322 g/mol. The Bertz CT molecular complexity index is 587. The lowest BCUT2D eigenvalue weighted by Crippen LogP contribution is -2.38. The van der Waals surface area contributed by atoms with Crippen molar-refractivity contribution >= 4 is 12.0 Å². The van der Waals surface area contributed by atoms with Gasteiger partial charge in [0.1, 0.15) is 5.60 Å². The topological polar surface area (TPSA) is 67.7 Å². The Kier molecular flexibility index (Phi) is 4.97. The molecule has 0 atom stereocenters. The molecule has 2 amide bonds. The molecule has 0 saturated heterocycles. The second-order valence-corrected chi connectivity index (χ2v) is 7.05. The number of carbonyl (C=O) groups is 2. The number of fused-ring (bicyclic) bond motifs is 1. The molecule has 1 aromatic rings. The molecule has 0 spiro atoms. The van der Waals surface area contributed by atoms with Gasteiger partial charge in [-0.15, -0.1) is 0 Å². The quantitative estimate of drug-likeness (QED) is 0.794. The van der Waals surface area contributed by atoms with Gasteiger partial charge in [0, 0.05) is 27.2 Å². The Hall–Kier alpha value is -2.05. The summed E-state index contributed by atoms with van der Waals surface area (Å²) >= 11 is 0. The molecule has 0 unspecified atom stereocenters. The summed E-state index contributed by atoms with van der Waals surface area (Å²) in [7, 11) is 3.40. The van der Waals surface area contributed by atoms with Crippen LogP contribution in [0, 0.1) is 0 Å². The third kappa shape index (κ3) is 4.46. The highest BCUT2D eigenvalue weighted by Crippen LogP contribution is 2.17. The van der Waals surface area contributed by atoms with E-state index in [1.807, 2.05) is 25.5 Å². The highest BCUT2D eigenvalue weighted by atomic mass is 16.6. The lowest BCUT2D eigenvalue weighted by molar-refractivity contribution is 0.0218. The number of hydrogen-bond acceptors (Lipinski definition) is 4. The molecular weight excluding hydrogens is 296 g/mol. The van der Waals surface area contributed by atoms with Gasteiger partial charge in [0.25, 0.3) is 5.91 Å². The first-order valence-corrected chi connectivity index (χ1v) is 7.93. The summed E-state index contributed by atoms with van der Waals surface area (Å²) in [6.07, 6.45) is 1.46. The van der Waals surface area contributed by atoms with Gasteiger partial charge in [0.05, 0.1) is 12.2 Å². The van der Waals surface area contributed by atoms with Crippen LogP contribution in [0.3, 0.4) is 0 Å². The lowest BCUT2D eigenvalue weighted by Gasteiger charge is -2.28. The first-order chi connectivity index (χ1) is 10.7. The van der Waals surface area contributed by atoms with Crippen molar-refractivity contribution in [1.29, 1.82) is 0 Å². The van der Waals surface area contributed by atoms with Crippen LogP contribution in [0.1, 0.15) is 49.8 Å². The summed E-state index contributed by atoms with van der Waals surface area (Å²) in [6, 6.07) is 1.77. The summed E-state index contributed by atoms with van der Waals surface area (Å²) in [5.41, 5.74) is 0.753. The van der Waals surface area contributed by atoms with Crippen molar-refractivity contribution in [2.75, 3.05) is 20.6 Å². The van der Waals surface area contributed by atoms with Gasteiger partial charge in [-0.25, -0.2) is 4.79 Å². The predicted octanol–water partition coefficient (Wildman–Crippen LogP) is 2.12. The van der Waals surface area contributed by atoms with Crippen molar-refractivity contribution in [2.24, 2.45) is 0 Å². The van der Waals surface area contributed by atoms with E-state index in [4.69, 9.17) is 4.74 Å². The van der Waals surface area contributed by atoms with Gasteiger partial charge in [0.2, 0.25) is 0 Å². The zero-order chi connectivity index (χ0) is 17.2. The average molecular weight is 322 g/mol. The summed E-state index contributed by atoms with van der Waals surface area (Å²) in [6.45, 7) is 7.38. The molecule has 128 valence electrons. The number of carbonyl (C=O) groups excluding carboxylic acids is 2. The molecule has 23 heavy (non-hydrogen) atoms. The van der Waals surface area contributed by atoms with E-state index in [9.17, 15) is 9.59 Å². The molecule has 0 saturated carbocycles. The van der Waals surface area contributed by atoms with E-state index in [-0.39, 0.29) is 12.0 Å². The maximum atomic E-state index is 12.3. The zero-order valence-electron chi connectivity index (χ0n) is 14.6. The van der Waals surface area contributed by atoms with Crippen molar-refractivity contribution < 1.29 is 14.3 Å². The maximum Gasteiger partial charge on any atom is 0.410 e. The van der Waals surface area contributed by atoms with E-state index in [2.05, 4.69) is 5.10 Å². The summed E-state index contributed by atoms with van der Waals surface area (Å²) in [5.74, 6) is -0.131. The fourth-order valence-electron chi connectivity index (χ4n) is 2.43. The normalized spacial score (nSPS) is 15.4. The maximum absolute atomic E-state index is 12.3. The minimum atomic E-state index is -0.522. The number of ether oxygens (including phenoxy) is 1. The molecule has 2 heterocycles. The van der Waals surface area contributed by atoms with E-state index in [1.165, 1.54) is 4.90 Å². The summed E-state index contributed by atoms with van der Waals surface area (Å²) < 4.78 is 7.29. The van der Waals surface area contributed by atoms with Crippen LogP contribution in [0.25, 0.3) is 0 Å². The minimum absolute atomic E-state index is 0.131. The van der Waals surface area contributed by atoms with Crippen molar-refractivity contribution in [3.8, 4) is 0 Å². The number of nitrogens with zero attached hydrogens (tertiary/aromatic N) is 4. The van der Waals surface area contributed by atoms with Crippen LogP contribution in [-0.2, 0) is 17.8 Å². The van der Waals surface area contributed by atoms with Crippen LogP contribution in [0.2, 0.25) is 0 Å². The average Bonchev–Trinajstić information content (AvgIpc) is 2.77. The SMILES string of the molecule is CN(C)C(=O)c1cc2n(n1)CCCCN(C(=O)OC(C)(C)C)C2. The fraction of sp³-hybridized carbons (Fsp3) is 0.688. The van der Waals surface area contributed by atoms with Crippen LogP contribution >= 0.6 is 0 Å². The zero-order valence-corrected chi connectivity index (χ0v) is 14.6. The minimum Gasteiger partial charge on any atom is -0.444 e. The van der Waals surface area contributed by atoms with Gasteiger partial charge in [-0.1, -0.05) is 0 Å².